The third kappa shape index (κ3) is 2.42. The predicted octanol–water partition coefficient (Wildman–Crippen LogP) is 0.768. The molecule has 0 unspecified atom stereocenters. The summed E-state index contributed by atoms with van der Waals surface area (Å²) in [6.07, 6.45) is 1.41. The second-order valence-electron chi connectivity index (χ2n) is 3.04. The Hall–Kier alpha value is -1.54. The van der Waals surface area contributed by atoms with E-state index in [0.717, 1.165) is 11.8 Å². The molecule has 0 aromatic carbocycles. The number of H-pyrrole nitrogens is 1. The number of nitrogens with zero attached hydrogens (tertiary/aromatic N) is 4. The van der Waals surface area contributed by atoms with Crippen molar-refractivity contribution < 1.29 is 0 Å². The topological polar surface area (TPSA) is 102 Å². The van der Waals surface area contributed by atoms with Gasteiger partial charge in [0.1, 0.15) is 5.03 Å². The summed E-state index contributed by atoms with van der Waals surface area (Å²) >= 11 is 7.08. The van der Waals surface area contributed by atoms with Gasteiger partial charge in [0.2, 0.25) is 5.95 Å². The molecule has 2 heterocycles. The fraction of sp³-hybridized carbons (Fsp3) is 0.250. The molecule has 0 amide bonds. The molecule has 17 heavy (non-hydrogen) atoms. The Morgan fingerprint density at radius 3 is 3.12 bits per heavy atom. The van der Waals surface area contributed by atoms with Gasteiger partial charge < -0.3 is 5.73 Å². The van der Waals surface area contributed by atoms with Crippen LogP contribution in [-0.2, 0) is 6.54 Å². The van der Waals surface area contributed by atoms with Gasteiger partial charge in [-0.15, -0.1) is 5.10 Å². The van der Waals surface area contributed by atoms with Gasteiger partial charge in [-0.25, -0.2) is 19.9 Å². The maximum Gasteiger partial charge on any atom is 0.343 e. The van der Waals surface area contributed by atoms with Crippen molar-refractivity contribution in [2.75, 3.05) is 5.73 Å². The van der Waals surface area contributed by atoms with Gasteiger partial charge in [-0.3, -0.25) is 4.57 Å². The molecule has 3 N–H and O–H groups in total. The van der Waals surface area contributed by atoms with Gasteiger partial charge in [-0.1, -0.05) is 11.6 Å². The number of aromatic nitrogens is 5. The van der Waals surface area contributed by atoms with Crippen LogP contribution in [0.1, 0.15) is 6.92 Å². The van der Waals surface area contributed by atoms with Gasteiger partial charge in [0, 0.05) is 6.54 Å². The van der Waals surface area contributed by atoms with Crippen LogP contribution >= 0.6 is 23.4 Å². The third-order valence-corrected chi connectivity index (χ3v) is 3.35. The number of nitrogens with one attached hydrogen (secondary N) is 1. The molecular formula is C8H9ClN6OS. The van der Waals surface area contributed by atoms with Crippen molar-refractivity contribution in [1.82, 2.24) is 24.7 Å². The maximum absolute atomic E-state index is 11.4. The molecule has 0 aliphatic heterocycles. The van der Waals surface area contributed by atoms with Crippen LogP contribution in [0.4, 0.5) is 5.95 Å². The van der Waals surface area contributed by atoms with E-state index in [9.17, 15) is 4.79 Å². The van der Waals surface area contributed by atoms with Crippen molar-refractivity contribution in [2.45, 2.75) is 23.7 Å². The summed E-state index contributed by atoms with van der Waals surface area (Å²) in [6, 6.07) is 0. The lowest BCUT2D eigenvalue weighted by Gasteiger charge is -2.03. The summed E-state index contributed by atoms with van der Waals surface area (Å²) in [7, 11) is 0. The molecule has 90 valence electrons. The van der Waals surface area contributed by atoms with Gasteiger partial charge in [0.05, 0.1) is 11.2 Å². The lowest BCUT2D eigenvalue weighted by atomic mass is 10.7. The molecule has 0 saturated carbocycles. The van der Waals surface area contributed by atoms with E-state index in [4.69, 9.17) is 17.3 Å². The summed E-state index contributed by atoms with van der Waals surface area (Å²) in [5.74, 6) is 0.123. The first-order chi connectivity index (χ1) is 8.11. The van der Waals surface area contributed by atoms with Crippen molar-refractivity contribution >= 4 is 29.3 Å². The average molecular weight is 273 g/mol. The first-order valence-corrected chi connectivity index (χ1v) is 5.92. The summed E-state index contributed by atoms with van der Waals surface area (Å²) in [4.78, 5) is 19.1. The van der Waals surface area contributed by atoms with Gasteiger partial charge in [-0.05, 0) is 18.7 Å². The van der Waals surface area contributed by atoms with E-state index in [1.807, 2.05) is 6.92 Å². The number of halogens is 1. The largest absolute Gasteiger partial charge is 0.368 e. The van der Waals surface area contributed by atoms with Gasteiger partial charge in [-0.2, -0.15) is 0 Å². The zero-order valence-electron chi connectivity index (χ0n) is 8.85. The lowest BCUT2D eigenvalue weighted by molar-refractivity contribution is 0.660. The summed E-state index contributed by atoms with van der Waals surface area (Å²) < 4.78 is 1.47. The Labute approximate surface area is 105 Å². The minimum atomic E-state index is -0.270. The standard InChI is InChI=1S/C8H9ClN6OS/c1-2-15-7(16)13-14-8(15)17-5-4(9)3-11-6(10)12-5/h3H,2H2,1H3,(H,13,16)(H2,10,11,12). The quantitative estimate of drug-likeness (QED) is 0.800. The van der Waals surface area contributed by atoms with Crippen LogP contribution in [0.2, 0.25) is 5.02 Å². The number of anilines is 1. The van der Waals surface area contributed by atoms with Crippen LogP contribution < -0.4 is 11.4 Å². The molecule has 2 rings (SSSR count). The Kier molecular flexibility index (Phi) is 3.34. The van der Waals surface area contributed by atoms with Gasteiger partial charge in [0.15, 0.2) is 5.16 Å². The molecule has 0 atom stereocenters. The third-order valence-electron chi connectivity index (χ3n) is 1.96. The molecule has 7 nitrogen and oxygen atoms in total. The van der Waals surface area contributed by atoms with Crippen LogP contribution in [0.3, 0.4) is 0 Å². The van der Waals surface area contributed by atoms with Crippen molar-refractivity contribution in [1.29, 1.82) is 0 Å². The molecule has 0 fully saturated rings. The molecule has 9 heteroatoms. The molecule has 0 bridgehead atoms. The highest BCUT2D eigenvalue weighted by Gasteiger charge is 2.12. The molecule has 0 spiro atoms. The lowest BCUT2D eigenvalue weighted by Crippen LogP contribution is -2.16. The fourth-order valence-electron chi connectivity index (χ4n) is 1.18. The monoisotopic (exact) mass is 272 g/mol. The Morgan fingerprint density at radius 2 is 2.41 bits per heavy atom. The first-order valence-electron chi connectivity index (χ1n) is 4.73. The van der Waals surface area contributed by atoms with Crippen molar-refractivity contribution in [3.63, 3.8) is 0 Å². The number of aromatic amines is 1. The van der Waals surface area contributed by atoms with E-state index in [0.29, 0.717) is 21.7 Å². The van der Waals surface area contributed by atoms with Crippen LogP contribution in [0.15, 0.2) is 21.2 Å². The molecule has 2 aromatic rings. The van der Waals surface area contributed by atoms with E-state index in [1.165, 1.54) is 10.8 Å². The van der Waals surface area contributed by atoms with E-state index in [1.54, 1.807) is 0 Å². The summed E-state index contributed by atoms with van der Waals surface area (Å²) in [5, 5.41) is 7.56. The number of nitrogen functional groups attached to an aromatic ring is 1. The Bertz CT molecular complexity index is 594. The van der Waals surface area contributed by atoms with Crippen LogP contribution in [0, 0.1) is 0 Å². The Balaban J connectivity index is 2.37. The number of hydrogen-bond donors (Lipinski definition) is 2. The maximum atomic E-state index is 11.4. The SMILES string of the molecule is CCn1c(Sc2nc(N)ncc2Cl)n[nH]c1=O. The van der Waals surface area contributed by atoms with E-state index in [-0.39, 0.29) is 11.6 Å². The van der Waals surface area contributed by atoms with Crippen LogP contribution in [-0.4, -0.2) is 24.7 Å². The minimum Gasteiger partial charge on any atom is -0.368 e. The number of hydrogen-bond acceptors (Lipinski definition) is 6. The van der Waals surface area contributed by atoms with Crippen molar-refractivity contribution in [3.8, 4) is 0 Å². The zero-order chi connectivity index (χ0) is 12.4. The van der Waals surface area contributed by atoms with Crippen molar-refractivity contribution in [2.24, 2.45) is 0 Å². The molecule has 0 saturated heterocycles. The highest BCUT2D eigenvalue weighted by atomic mass is 35.5. The second-order valence-corrected chi connectivity index (χ2v) is 4.40. The molecule has 2 aromatic heterocycles. The minimum absolute atomic E-state index is 0.123. The summed E-state index contributed by atoms with van der Waals surface area (Å²) in [6.45, 7) is 2.35. The molecule has 0 radical (unpaired) electrons. The highest BCUT2D eigenvalue weighted by Crippen LogP contribution is 2.29. The van der Waals surface area contributed by atoms with E-state index < -0.39 is 0 Å². The number of rotatable bonds is 3. The predicted molar refractivity (Wildman–Crippen MR) is 64.1 cm³/mol. The van der Waals surface area contributed by atoms with E-state index >= 15 is 0 Å². The van der Waals surface area contributed by atoms with Crippen molar-refractivity contribution in [3.05, 3.63) is 21.7 Å². The van der Waals surface area contributed by atoms with E-state index in [2.05, 4.69) is 20.2 Å². The average Bonchev–Trinajstić information content (AvgIpc) is 2.64. The Morgan fingerprint density at radius 1 is 1.65 bits per heavy atom. The van der Waals surface area contributed by atoms with Crippen LogP contribution in [0.5, 0.6) is 0 Å². The summed E-state index contributed by atoms with van der Waals surface area (Å²) in [5.41, 5.74) is 5.20. The molecule has 0 aliphatic rings. The smallest absolute Gasteiger partial charge is 0.343 e. The normalized spacial score (nSPS) is 10.7. The zero-order valence-corrected chi connectivity index (χ0v) is 10.4. The highest BCUT2D eigenvalue weighted by molar-refractivity contribution is 7.99. The van der Waals surface area contributed by atoms with Gasteiger partial charge >= 0.3 is 5.69 Å². The fourth-order valence-corrected chi connectivity index (χ4v) is 2.26. The van der Waals surface area contributed by atoms with Gasteiger partial charge in [0.25, 0.3) is 0 Å². The number of nitrogens with two attached hydrogens (primary N) is 1. The molecular weight excluding hydrogens is 264 g/mol. The first kappa shape index (κ1) is 11.9. The molecule has 0 aliphatic carbocycles. The van der Waals surface area contributed by atoms with Crippen LogP contribution in [0.25, 0.3) is 0 Å². The second kappa shape index (κ2) is 4.76.